The number of hydrogen-bond acceptors (Lipinski definition) is 7. The van der Waals surface area contributed by atoms with E-state index in [1.807, 2.05) is 0 Å². The molecule has 8 heteroatoms. The molecular weight excluding hydrogens is 398 g/mol. The average Bonchev–Trinajstić information content (AvgIpc) is 3.35. The summed E-state index contributed by atoms with van der Waals surface area (Å²) >= 11 is 0. The van der Waals surface area contributed by atoms with Crippen LogP contribution in [-0.4, -0.2) is 41.9 Å². The van der Waals surface area contributed by atoms with Crippen molar-refractivity contribution in [2.45, 2.75) is 83.8 Å². The maximum atomic E-state index is 12.7. The van der Waals surface area contributed by atoms with E-state index in [2.05, 4.69) is 24.3 Å². The van der Waals surface area contributed by atoms with Gasteiger partial charge in [0.1, 0.15) is 18.0 Å². The predicted molar refractivity (Wildman–Crippen MR) is 114 cm³/mol. The Morgan fingerprint density at radius 3 is 2.71 bits per heavy atom. The molecular formula is C23H35N3O5. The number of Topliss-reactive ketones (excluding diaryl/α,β-unsaturated/α-hetero) is 1. The monoisotopic (exact) mass is 433 g/mol. The molecule has 5 fully saturated rings. The quantitative estimate of drug-likeness (QED) is 0.537. The highest BCUT2D eigenvalue weighted by atomic mass is 17.0. The second-order valence-corrected chi connectivity index (χ2v) is 11.1. The minimum absolute atomic E-state index is 0.0233. The van der Waals surface area contributed by atoms with Gasteiger partial charge in [0, 0.05) is 24.8 Å². The van der Waals surface area contributed by atoms with Crippen LogP contribution in [0.15, 0.2) is 5.16 Å². The summed E-state index contributed by atoms with van der Waals surface area (Å²) in [6.45, 7) is 6.25. The zero-order valence-electron chi connectivity index (χ0n) is 18.7. The van der Waals surface area contributed by atoms with Crippen LogP contribution >= 0.6 is 0 Å². The molecule has 0 aromatic heterocycles. The van der Waals surface area contributed by atoms with Crippen LogP contribution in [0, 0.1) is 44.6 Å². The number of rotatable bonds is 4. The zero-order chi connectivity index (χ0) is 21.8. The molecule has 1 saturated heterocycles. The van der Waals surface area contributed by atoms with Crippen molar-refractivity contribution < 1.29 is 19.6 Å². The summed E-state index contributed by atoms with van der Waals surface area (Å²) in [6.07, 6.45) is 7.47. The van der Waals surface area contributed by atoms with E-state index in [4.69, 9.17) is 9.68 Å². The largest absolute Gasteiger partial charge is 0.391 e. The number of fused-ring (bicyclic) bond motifs is 5. The molecule has 0 aromatic carbocycles. The molecule has 0 bridgehead atoms. The molecule has 0 spiro atoms. The smallest absolute Gasteiger partial charge is 0.294 e. The van der Waals surface area contributed by atoms with Crippen molar-refractivity contribution in [3.8, 4) is 0 Å². The molecule has 8 nitrogen and oxygen atoms in total. The van der Waals surface area contributed by atoms with Gasteiger partial charge in [0.15, 0.2) is 0 Å². The molecule has 0 aromatic rings. The van der Waals surface area contributed by atoms with E-state index in [1.165, 1.54) is 0 Å². The normalized spacial score (nSPS) is 48.1. The number of oxime groups is 1. The topological polar surface area (TPSA) is 103 Å². The number of carbonyl (C=O) groups excluding carboxylic acids is 1. The molecule has 8 atom stereocenters. The molecule has 1 N–H and O–H groups in total. The molecule has 4 aliphatic carbocycles. The van der Waals surface area contributed by atoms with Crippen molar-refractivity contribution in [1.82, 2.24) is 5.32 Å². The van der Waals surface area contributed by atoms with Crippen molar-refractivity contribution in [2.75, 3.05) is 13.1 Å². The molecule has 0 amide bonds. The zero-order valence-corrected chi connectivity index (χ0v) is 18.7. The Morgan fingerprint density at radius 2 is 1.97 bits per heavy atom. The first kappa shape index (κ1) is 21.2. The van der Waals surface area contributed by atoms with E-state index in [1.54, 1.807) is 0 Å². The van der Waals surface area contributed by atoms with Gasteiger partial charge in [0.25, 0.3) is 5.09 Å². The summed E-state index contributed by atoms with van der Waals surface area (Å²) in [6, 6.07) is 0. The van der Waals surface area contributed by atoms with Gasteiger partial charge in [-0.05, 0) is 80.6 Å². The fourth-order valence-corrected chi connectivity index (χ4v) is 8.02. The van der Waals surface area contributed by atoms with Gasteiger partial charge >= 0.3 is 0 Å². The average molecular weight is 434 g/mol. The van der Waals surface area contributed by atoms with E-state index in [0.29, 0.717) is 42.8 Å². The Bertz CT molecular complexity index is 781. The van der Waals surface area contributed by atoms with Crippen LogP contribution in [0.4, 0.5) is 0 Å². The van der Waals surface area contributed by atoms with Gasteiger partial charge in [-0.2, -0.15) is 0 Å². The SMILES string of the molecule is C[C@]12CC/C(=N\O[C@@H]3CCNC3)CC1[C@@H](O[N+](=O)[O-])C[C@@H]1[C@@H]2CC[C@]2(C)C(=O)CC[C@@H]12. The Hall–Kier alpha value is -1.70. The number of nitrogens with zero attached hydrogens (tertiary/aromatic N) is 2. The Labute approximate surface area is 183 Å². The summed E-state index contributed by atoms with van der Waals surface area (Å²) in [5.41, 5.74) is 0.750. The van der Waals surface area contributed by atoms with Gasteiger partial charge in [-0.15, -0.1) is 10.1 Å². The van der Waals surface area contributed by atoms with E-state index in [-0.39, 0.29) is 22.9 Å². The molecule has 1 aliphatic heterocycles. The maximum Gasteiger partial charge on any atom is 0.294 e. The Balaban J connectivity index is 1.40. The molecule has 0 radical (unpaired) electrons. The lowest BCUT2D eigenvalue weighted by molar-refractivity contribution is -0.772. The summed E-state index contributed by atoms with van der Waals surface area (Å²) in [5, 5.41) is 18.6. The minimum Gasteiger partial charge on any atom is -0.391 e. The summed E-state index contributed by atoms with van der Waals surface area (Å²) in [7, 11) is 0. The van der Waals surface area contributed by atoms with Crippen LogP contribution in [0.1, 0.15) is 71.6 Å². The highest BCUT2D eigenvalue weighted by molar-refractivity contribution is 5.87. The van der Waals surface area contributed by atoms with E-state index in [0.717, 1.165) is 57.3 Å². The van der Waals surface area contributed by atoms with Crippen molar-refractivity contribution in [3.05, 3.63) is 10.1 Å². The van der Waals surface area contributed by atoms with Crippen molar-refractivity contribution in [2.24, 2.45) is 39.7 Å². The van der Waals surface area contributed by atoms with Crippen molar-refractivity contribution >= 4 is 11.5 Å². The van der Waals surface area contributed by atoms with Crippen LogP contribution in [0.2, 0.25) is 0 Å². The van der Waals surface area contributed by atoms with Crippen molar-refractivity contribution in [1.29, 1.82) is 0 Å². The number of ketones is 1. The first-order valence-corrected chi connectivity index (χ1v) is 12.1. The minimum atomic E-state index is -0.612. The van der Waals surface area contributed by atoms with Crippen LogP contribution in [-0.2, 0) is 14.5 Å². The van der Waals surface area contributed by atoms with Crippen LogP contribution in [0.3, 0.4) is 0 Å². The molecule has 1 heterocycles. The standard InChI is InChI=1S/C23H35N3O5/c1-22-8-5-14(25-30-15-7-10-24-13-15)11-19(22)20(31-26(28)29)12-16-17-3-4-21(27)23(17,2)9-6-18(16)22/h15-20,24H,3-13H2,1-2H3/b25-14+/t15-,16+,17+,18+,19?,20+,22-,23+/m1/s1. The molecule has 172 valence electrons. The second kappa shape index (κ2) is 7.71. The van der Waals surface area contributed by atoms with Crippen LogP contribution in [0.5, 0.6) is 0 Å². The third kappa shape index (κ3) is 3.45. The van der Waals surface area contributed by atoms with Crippen molar-refractivity contribution in [3.63, 3.8) is 0 Å². The van der Waals surface area contributed by atoms with E-state index in [9.17, 15) is 14.9 Å². The highest BCUT2D eigenvalue weighted by Crippen LogP contribution is 2.65. The fourth-order valence-electron chi connectivity index (χ4n) is 8.02. The van der Waals surface area contributed by atoms with E-state index >= 15 is 0 Å². The van der Waals surface area contributed by atoms with Crippen LogP contribution in [0.25, 0.3) is 0 Å². The van der Waals surface area contributed by atoms with Gasteiger partial charge in [-0.3, -0.25) is 4.79 Å². The van der Waals surface area contributed by atoms with Gasteiger partial charge in [-0.1, -0.05) is 19.0 Å². The number of hydrogen-bond donors (Lipinski definition) is 1. The van der Waals surface area contributed by atoms with Crippen LogP contribution < -0.4 is 5.32 Å². The number of nitrogens with one attached hydrogen (secondary N) is 1. The molecule has 5 aliphatic rings. The number of carbonyl (C=O) groups is 1. The summed E-state index contributed by atoms with van der Waals surface area (Å²) in [4.78, 5) is 35.2. The Morgan fingerprint density at radius 1 is 1.13 bits per heavy atom. The van der Waals surface area contributed by atoms with Gasteiger partial charge in [0.05, 0.1) is 5.71 Å². The predicted octanol–water partition coefficient (Wildman–Crippen LogP) is 3.52. The molecule has 31 heavy (non-hydrogen) atoms. The first-order chi connectivity index (χ1) is 14.8. The lowest BCUT2D eigenvalue weighted by atomic mass is 9.44. The summed E-state index contributed by atoms with van der Waals surface area (Å²) < 4.78 is 0. The van der Waals surface area contributed by atoms with Gasteiger partial charge in [0.2, 0.25) is 0 Å². The second-order valence-electron chi connectivity index (χ2n) is 11.1. The molecule has 5 rings (SSSR count). The highest BCUT2D eigenvalue weighted by Gasteiger charge is 2.62. The first-order valence-electron chi connectivity index (χ1n) is 12.1. The Kier molecular flexibility index (Phi) is 5.26. The fraction of sp³-hybridized carbons (Fsp3) is 0.913. The lowest BCUT2D eigenvalue weighted by Crippen LogP contribution is -2.58. The lowest BCUT2D eigenvalue weighted by Gasteiger charge is -2.61. The third-order valence-electron chi connectivity index (χ3n) is 9.77. The van der Waals surface area contributed by atoms with E-state index < -0.39 is 11.2 Å². The van der Waals surface area contributed by atoms with Gasteiger partial charge in [-0.25, -0.2) is 0 Å². The molecule has 4 saturated carbocycles. The third-order valence-corrected chi connectivity index (χ3v) is 9.77. The summed E-state index contributed by atoms with van der Waals surface area (Å²) in [5.74, 6) is 1.62. The van der Waals surface area contributed by atoms with Gasteiger partial charge < -0.3 is 15.0 Å². The molecule has 1 unspecified atom stereocenters. The maximum absolute atomic E-state index is 12.7.